The Hall–Kier alpha value is 0.240. The molecule has 1 N–H and O–H groups in total. The molecule has 0 fully saturated rings. The molecule has 13 heavy (non-hydrogen) atoms. The van der Waals surface area contributed by atoms with Crippen LogP contribution in [0.4, 0.5) is 0 Å². The van der Waals surface area contributed by atoms with Gasteiger partial charge in [0.05, 0.1) is 0 Å². The largest absolute Gasteiger partial charge is 0.371 e. The summed E-state index contributed by atoms with van der Waals surface area (Å²) in [5.74, 6) is 0. The summed E-state index contributed by atoms with van der Waals surface area (Å²) in [6, 6.07) is 0. The van der Waals surface area contributed by atoms with Crippen LogP contribution in [0.5, 0.6) is 0 Å². The minimum Gasteiger partial charge on any atom is -0.371 e. The molecule has 1 nitrogen and oxygen atoms in total. The Bertz CT molecular complexity index is 126. The molecule has 0 radical (unpaired) electrons. The van der Waals surface area contributed by atoms with Crippen molar-refractivity contribution in [1.29, 1.82) is 0 Å². The Morgan fingerprint density at radius 3 is 2.15 bits per heavy atom. The van der Waals surface area contributed by atoms with Crippen LogP contribution in [0, 0.1) is 0 Å². The van der Waals surface area contributed by atoms with E-state index in [1.54, 1.807) is 0 Å². The van der Waals surface area contributed by atoms with Crippen LogP contribution in [-0.2, 0) is 0 Å². The molecule has 0 amide bonds. The summed E-state index contributed by atoms with van der Waals surface area (Å²) in [5, 5.41) is 3.04. The fourth-order valence-corrected chi connectivity index (χ4v) is 1.49. The smallest absolute Gasteiger partial charge is 0.130 e. The molecule has 0 saturated heterocycles. The highest BCUT2D eigenvalue weighted by atomic mass is 32.1. The molecule has 0 atom stereocenters. The van der Waals surface area contributed by atoms with Crippen molar-refractivity contribution >= 4 is 29.2 Å². The molecular formula is C10H21NS2. The first kappa shape index (κ1) is 13.2. The van der Waals surface area contributed by atoms with Crippen LogP contribution in [0.3, 0.4) is 0 Å². The van der Waals surface area contributed by atoms with E-state index >= 15 is 0 Å². The lowest BCUT2D eigenvalue weighted by Gasteiger charge is -2.02. The van der Waals surface area contributed by atoms with Gasteiger partial charge in [-0.05, 0) is 6.42 Å². The molecule has 0 spiro atoms. The van der Waals surface area contributed by atoms with Gasteiger partial charge in [0.1, 0.15) is 4.32 Å². The predicted octanol–water partition coefficient (Wildman–Crippen LogP) is 3.54. The maximum absolute atomic E-state index is 4.78. The third-order valence-electron chi connectivity index (χ3n) is 2.06. The number of unbranched alkanes of at least 4 members (excludes halogenated alkanes) is 6. The van der Waals surface area contributed by atoms with Crippen molar-refractivity contribution in [3.05, 3.63) is 0 Å². The van der Waals surface area contributed by atoms with E-state index in [4.69, 9.17) is 12.2 Å². The van der Waals surface area contributed by atoms with Crippen molar-refractivity contribution in [2.75, 3.05) is 6.54 Å². The summed E-state index contributed by atoms with van der Waals surface area (Å²) in [7, 11) is 0. The van der Waals surface area contributed by atoms with E-state index in [0.717, 1.165) is 6.54 Å². The van der Waals surface area contributed by atoms with Crippen LogP contribution >= 0.6 is 24.8 Å². The number of nitrogens with one attached hydrogen (secondary N) is 1. The summed E-state index contributed by atoms with van der Waals surface area (Å²) < 4.78 is 0.617. The minimum absolute atomic E-state index is 0.617. The third kappa shape index (κ3) is 12.2. The quantitative estimate of drug-likeness (QED) is 0.368. The summed E-state index contributed by atoms with van der Waals surface area (Å²) in [6.07, 6.45) is 9.39. The zero-order chi connectivity index (χ0) is 9.94. The van der Waals surface area contributed by atoms with E-state index < -0.39 is 0 Å². The second-order valence-corrected chi connectivity index (χ2v) is 4.51. The van der Waals surface area contributed by atoms with Gasteiger partial charge in [-0.2, -0.15) is 0 Å². The van der Waals surface area contributed by atoms with Gasteiger partial charge in [0.2, 0.25) is 0 Å². The van der Waals surface area contributed by atoms with E-state index in [-0.39, 0.29) is 0 Å². The van der Waals surface area contributed by atoms with Gasteiger partial charge in [-0.3, -0.25) is 0 Å². The Balaban J connectivity index is 2.87. The van der Waals surface area contributed by atoms with Crippen LogP contribution < -0.4 is 5.32 Å². The number of thiol groups is 1. The lowest BCUT2D eigenvalue weighted by Crippen LogP contribution is -2.17. The second-order valence-electron chi connectivity index (χ2n) is 3.35. The number of thiocarbonyl (C=S) groups is 1. The fourth-order valence-electron chi connectivity index (χ4n) is 1.28. The number of hydrogen-bond acceptors (Lipinski definition) is 1. The summed E-state index contributed by atoms with van der Waals surface area (Å²) in [6.45, 7) is 3.23. The average Bonchev–Trinajstić information content (AvgIpc) is 2.09. The number of hydrogen-bond donors (Lipinski definition) is 2. The molecule has 0 heterocycles. The lowest BCUT2D eigenvalue weighted by molar-refractivity contribution is 0.587. The van der Waals surface area contributed by atoms with Gasteiger partial charge in [0.15, 0.2) is 0 Å². The fraction of sp³-hybridized carbons (Fsp3) is 0.900. The molecule has 0 saturated carbocycles. The van der Waals surface area contributed by atoms with Gasteiger partial charge in [0, 0.05) is 6.54 Å². The number of rotatable bonds is 8. The van der Waals surface area contributed by atoms with Crippen molar-refractivity contribution in [1.82, 2.24) is 5.32 Å². The molecule has 0 aliphatic rings. The van der Waals surface area contributed by atoms with Gasteiger partial charge in [-0.25, -0.2) is 0 Å². The van der Waals surface area contributed by atoms with Crippen molar-refractivity contribution in [3.8, 4) is 0 Å². The van der Waals surface area contributed by atoms with Gasteiger partial charge in [0.25, 0.3) is 0 Å². The first-order valence-electron chi connectivity index (χ1n) is 5.24. The van der Waals surface area contributed by atoms with E-state index in [1.807, 2.05) is 0 Å². The van der Waals surface area contributed by atoms with Crippen molar-refractivity contribution < 1.29 is 0 Å². The average molecular weight is 219 g/mol. The van der Waals surface area contributed by atoms with Crippen LogP contribution in [-0.4, -0.2) is 10.9 Å². The maximum atomic E-state index is 4.78. The lowest BCUT2D eigenvalue weighted by atomic mass is 10.1. The van der Waals surface area contributed by atoms with Crippen LogP contribution in [0.25, 0.3) is 0 Å². The highest BCUT2D eigenvalue weighted by molar-refractivity contribution is 8.11. The monoisotopic (exact) mass is 219 g/mol. The highest BCUT2D eigenvalue weighted by Gasteiger charge is 1.91. The molecule has 0 unspecified atom stereocenters. The SMILES string of the molecule is CCCCCCCCCNC(=S)S. The summed E-state index contributed by atoms with van der Waals surface area (Å²) in [5.41, 5.74) is 0. The Kier molecular flexibility index (Phi) is 10.5. The summed E-state index contributed by atoms with van der Waals surface area (Å²) >= 11 is 8.77. The van der Waals surface area contributed by atoms with E-state index in [2.05, 4.69) is 24.9 Å². The van der Waals surface area contributed by atoms with Crippen LogP contribution in [0.1, 0.15) is 51.9 Å². The van der Waals surface area contributed by atoms with Gasteiger partial charge >= 0.3 is 0 Å². The molecule has 0 aromatic heterocycles. The molecule has 78 valence electrons. The molecule has 0 aliphatic heterocycles. The topological polar surface area (TPSA) is 12.0 Å². The van der Waals surface area contributed by atoms with Gasteiger partial charge < -0.3 is 5.32 Å². The zero-order valence-corrected chi connectivity index (χ0v) is 10.2. The maximum Gasteiger partial charge on any atom is 0.130 e. The van der Waals surface area contributed by atoms with E-state index in [9.17, 15) is 0 Å². The Labute approximate surface area is 93.1 Å². The Morgan fingerprint density at radius 2 is 1.62 bits per heavy atom. The van der Waals surface area contributed by atoms with E-state index in [1.165, 1.54) is 44.9 Å². The van der Waals surface area contributed by atoms with Crippen molar-refractivity contribution in [3.63, 3.8) is 0 Å². The normalized spacial score (nSPS) is 10.0. The molecular weight excluding hydrogens is 198 g/mol. The first-order valence-corrected chi connectivity index (χ1v) is 6.09. The van der Waals surface area contributed by atoms with Gasteiger partial charge in [-0.1, -0.05) is 57.7 Å². The standard InChI is InChI=1S/C10H21NS2/c1-2-3-4-5-6-7-8-9-11-10(12)13/h2-9H2,1H3,(H2,11,12,13). The minimum atomic E-state index is 0.617. The Morgan fingerprint density at radius 1 is 1.08 bits per heavy atom. The van der Waals surface area contributed by atoms with E-state index in [0.29, 0.717) is 4.32 Å². The predicted molar refractivity (Wildman–Crippen MR) is 67.6 cm³/mol. The highest BCUT2D eigenvalue weighted by Crippen LogP contribution is 2.06. The third-order valence-corrected chi connectivity index (χ3v) is 2.36. The zero-order valence-electron chi connectivity index (χ0n) is 8.51. The molecule has 0 rings (SSSR count). The van der Waals surface area contributed by atoms with Crippen LogP contribution in [0.2, 0.25) is 0 Å². The first-order chi connectivity index (χ1) is 6.27. The molecule has 0 aliphatic carbocycles. The molecule has 0 aromatic carbocycles. The summed E-state index contributed by atoms with van der Waals surface area (Å²) in [4.78, 5) is 0. The second kappa shape index (κ2) is 10.3. The van der Waals surface area contributed by atoms with Gasteiger partial charge in [-0.15, -0.1) is 12.6 Å². The molecule has 0 aromatic rings. The van der Waals surface area contributed by atoms with Crippen LogP contribution in [0.15, 0.2) is 0 Å². The molecule has 3 heteroatoms. The molecule has 0 bridgehead atoms. The van der Waals surface area contributed by atoms with Crippen molar-refractivity contribution in [2.45, 2.75) is 51.9 Å². The van der Waals surface area contributed by atoms with Crippen molar-refractivity contribution in [2.24, 2.45) is 0 Å².